The molecule has 0 amide bonds. The Morgan fingerprint density at radius 1 is 1.56 bits per heavy atom. The summed E-state index contributed by atoms with van der Waals surface area (Å²) in [5.41, 5.74) is 1.07. The third kappa shape index (κ3) is 4.20. The van der Waals surface area contributed by atoms with E-state index >= 15 is 0 Å². The molecule has 0 atom stereocenters. The minimum absolute atomic E-state index is 0.207. The van der Waals surface area contributed by atoms with Crippen LogP contribution in [-0.4, -0.2) is 22.6 Å². The number of aromatic nitrogens is 1. The first-order valence-electron chi connectivity index (χ1n) is 6.14. The van der Waals surface area contributed by atoms with Gasteiger partial charge in [0.25, 0.3) is 0 Å². The van der Waals surface area contributed by atoms with E-state index in [4.69, 9.17) is 5.11 Å². The van der Waals surface area contributed by atoms with Crippen molar-refractivity contribution in [2.24, 2.45) is 0 Å². The highest BCUT2D eigenvalue weighted by atomic mass is 16.4. The standard InChI is InChI=1S/C14H20N2O2/c1-4-5-6-7-15-13-9-11(14(17)18)8-12(16-13)10(2)3/h4,8-10H,1,5-7H2,2-3H3,(H,15,16)(H,17,18). The molecule has 0 bridgehead atoms. The number of nitrogens with zero attached hydrogens (tertiary/aromatic N) is 1. The van der Waals surface area contributed by atoms with Crippen molar-refractivity contribution in [3.05, 3.63) is 36.0 Å². The number of anilines is 1. The smallest absolute Gasteiger partial charge is 0.335 e. The summed E-state index contributed by atoms with van der Waals surface area (Å²) in [6.45, 7) is 8.41. The summed E-state index contributed by atoms with van der Waals surface area (Å²) in [5.74, 6) is -0.0888. The zero-order valence-corrected chi connectivity index (χ0v) is 10.9. The molecule has 1 aromatic rings. The third-order valence-electron chi connectivity index (χ3n) is 2.57. The van der Waals surface area contributed by atoms with Crippen LogP contribution in [0.3, 0.4) is 0 Å². The molecule has 4 heteroatoms. The zero-order valence-electron chi connectivity index (χ0n) is 10.9. The number of pyridine rings is 1. The van der Waals surface area contributed by atoms with E-state index in [-0.39, 0.29) is 11.5 Å². The second-order valence-corrected chi connectivity index (χ2v) is 4.48. The first-order chi connectivity index (χ1) is 8.54. The predicted molar refractivity (Wildman–Crippen MR) is 73.2 cm³/mol. The van der Waals surface area contributed by atoms with Crippen LogP contribution in [0.1, 0.15) is 48.7 Å². The molecule has 98 valence electrons. The molecule has 0 unspecified atom stereocenters. The quantitative estimate of drug-likeness (QED) is 0.574. The van der Waals surface area contributed by atoms with E-state index in [1.165, 1.54) is 0 Å². The molecule has 0 fully saturated rings. The number of carboxylic acid groups (broad SMARTS) is 1. The summed E-state index contributed by atoms with van der Waals surface area (Å²) in [5, 5.41) is 12.2. The SMILES string of the molecule is C=CCCCNc1cc(C(=O)O)cc(C(C)C)n1. The molecule has 0 saturated carbocycles. The highest BCUT2D eigenvalue weighted by molar-refractivity contribution is 5.88. The fraction of sp³-hybridized carbons (Fsp3) is 0.429. The molecule has 0 spiro atoms. The monoisotopic (exact) mass is 248 g/mol. The van der Waals surface area contributed by atoms with Crippen molar-refractivity contribution in [3.8, 4) is 0 Å². The highest BCUT2D eigenvalue weighted by Crippen LogP contribution is 2.17. The van der Waals surface area contributed by atoms with Crippen LogP contribution in [-0.2, 0) is 0 Å². The number of allylic oxidation sites excluding steroid dienone is 1. The first kappa shape index (κ1) is 14.2. The summed E-state index contributed by atoms with van der Waals surface area (Å²) in [6.07, 6.45) is 3.75. The van der Waals surface area contributed by atoms with Gasteiger partial charge in [-0.1, -0.05) is 19.9 Å². The summed E-state index contributed by atoms with van der Waals surface area (Å²) >= 11 is 0. The molecule has 1 rings (SSSR count). The van der Waals surface area contributed by atoms with Crippen LogP contribution in [0, 0.1) is 0 Å². The first-order valence-corrected chi connectivity index (χ1v) is 6.14. The van der Waals surface area contributed by atoms with Crippen LogP contribution < -0.4 is 5.32 Å². The van der Waals surface area contributed by atoms with Gasteiger partial charge in [0.1, 0.15) is 5.82 Å². The molecule has 0 aromatic carbocycles. The van der Waals surface area contributed by atoms with Gasteiger partial charge in [0.2, 0.25) is 0 Å². The van der Waals surface area contributed by atoms with Gasteiger partial charge < -0.3 is 10.4 Å². The fourth-order valence-electron chi connectivity index (χ4n) is 1.52. The molecule has 0 saturated heterocycles. The maximum Gasteiger partial charge on any atom is 0.335 e. The molecule has 1 heterocycles. The number of carboxylic acids is 1. The van der Waals surface area contributed by atoms with Gasteiger partial charge in [0, 0.05) is 12.2 Å². The van der Waals surface area contributed by atoms with Crippen LogP contribution in [0.15, 0.2) is 24.8 Å². The fourth-order valence-corrected chi connectivity index (χ4v) is 1.52. The molecule has 4 nitrogen and oxygen atoms in total. The number of unbranched alkanes of at least 4 members (excludes halogenated alkanes) is 1. The van der Waals surface area contributed by atoms with E-state index in [1.807, 2.05) is 19.9 Å². The number of hydrogen-bond acceptors (Lipinski definition) is 3. The van der Waals surface area contributed by atoms with E-state index in [1.54, 1.807) is 12.1 Å². The maximum atomic E-state index is 11.0. The van der Waals surface area contributed by atoms with Crippen LogP contribution in [0.25, 0.3) is 0 Å². The Morgan fingerprint density at radius 2 is 2.28 bits per heavy atom. The summed E-state index contributed by atoms with van der Waals surface area (Å²) < 4.78 is 0. The second-order valence-electron chi connectivity index (χ2n) is 4.48. The zero-order chi connectivity index (χ0) is 13.5. The molecule has 0 aliphatic rings. The molecule has 0 aliphatic carbocycles. The highest BCUT2D eigenvalue weighted by Gasteiger charge is 2.10. The molecule has 2 N–H and O–H groups in total. The average Bonchev–Trinajstić information content (AvgIpc) is 2.34. The van der Waals surface area contributed by atoms with Gasteiger partial charge in [0.15, 0.2) is 0 Å². The predicted octanol–water partition coefficient (Wildman–Crippen LogP) is 3.28. The summed E-state index contributed by atoms with van der Waals surface area (Å²) in [4.78, 5) is 15.4. The van der Waals surface area contributed by atoms with E-state index in [2.05, 4.69) is 16.9 Å². The topological polar surface area (TPSA) is 62.2 Å². The summed E-state index contributed by atoms with van der Waals surface area (Å²) in [7, 11) is 0. The van der Waals surface area contributed by atoms with Crippen molar-refractivity contribution in [1.82, 2.24) is 4.98 Å². The lowest BCUT2D eigenvalue weighted by atomic mass is 10.1. The van der Waals surface area contributed by atoms with Gasteiger partial charge in [-0.25, -0.2) is 9.78 Å². The number of hydrogen-bond donors (Lipinski definition) is 2. The lowest BCUT2D eigenvalue weighted by Gasteiger charge is -2.10. The number of aromatic carboxylic acids is 1. The van der Waals surface area contributed by atoms with Gasteiger partial charge in [-0.2, -0.15) is 0 Å². The van der Waals surface area contributed by atoms with Crippen LogP contribution >= 0.6 is 0 Å². The Morgan fingerprint density at radius 3 is 2.83 bits per heavy atom. The van der Waals surface area contributed by atoms with Crippen molar-refractivity contribution in [2.75, 3.05) is 11.9 Å². The Balaban J connectivity index is 2.82. The molecule has 0 aliphatic heterocycles. The van der Waals surface area contributed by atoms with E-state index < -0.39 is 5.97 Å². The van der Waals surface area contributed by atoms with E-state index in [9.17, 15) is 4.79 Å². The summed E-state index contributed by atoms with van der Waals surface area (Å²) in [6, 6.07) is 3.20. The maximum absolute atomic E-state index is 11.0. The van der Waals surface area contributed by atoms with Gasteiger partial charge >= 0.3 is 5.97 Å². The van der Waals surface area contributed by atoms with Crippen LogP contribution in [0.2, 0.25) is 0 Å². The lowest BCUT2D eigenvalue weighted by Crippen LogP contribution is -2.08. The molecule has 1 aromatic heterocycles. The van der Waals surface area contributed by atoms with E-state index in [0.717, 1.165) is 25.1 Å². The number of carbonyl (C=O) groups is 1. The second kappa shape index (κ2) is 6.79. The minimum atomic E-state index is -0.923. The van der Waals surface area contributed by atoms with Gasteiger partial charge in [-0.05, 0) is 30.9 Å². The molecule has 18 heavy (non-hydrogen) atoms. The Hall–Kier alpha value is -1.84. The lowest BCUT2D eigenvalue weighted by molar-refractivity contribution is 0.0696. The largest absolute Gasteiger partial charge is 0.478 e. The van der Waals surface area contributed by atoms with Crippen LogP contribution in [0.5, 0.6) is 0 Å². The molecule has 0 radical (unpaired) electrons. The Kier molecular flexibility index (Phi) is 5.36. The van der Waals surface area contributed by atoms with E-state index in [0.29, 0.717) is 5.82 Å². The van der Waals surface area contributed by atoms with Crippen molar-refractivity contribution >= 4 is 11.8 Å². The van der Waals surface area contributed by atoms with Gasteiger partial charge in [-0.3, -0.25) is 0 Å². The third-order valence-corrected chi connectivity index (χ3v) is 2.57. The van der Waals surface area contributed by atoms with Crippen molar-refractivity contribution in [2.45, 2.75) is 32.6 Å². The number of rotatable bonds is 7. The van der Waals surface area contributed by atoms with Crippen molar-refractivity contribution < 1.29 is 9.90 Å². The van der Waals surface area contributed by atoms with Gasteiger partial charge in [0.05, 0.1) is 5.56 Å². The molecular formula is C14H20N2O2. The minimum Gasteiger partial charge on any atom is -0.478 e. The average molecular weight is 248 g/mol. The number of nitrogens with one attached hydrogen (secondary N) is 1. The normalized spacial score (nSPS) is 10.4. The Bertz CT molecular complexity index is 428. The molecular weight excluding hydrogens is 228 g/mol. The van der Waals surface area contributed by atoms with Crippen molar-refractivity contribution in [1.29, 1.82) is 0 Å². The van der Waals surface area contributed by atoms with Crippen LogP contribution in [0.4, 0.5) is 5.82 Å². The Labute approximate surface area is 108 Å². The van der Waals surface area contributed by atoms with Crippen molar-refractivity contribution in [3.63, 3.8) is 0 Å². The van der Waals surface area contributed by atoms with Gasteiger partial charge in [-0.15, -0.1) is 6.58 Å².